The molecule has 0 unspecified atom stereocenters. The van der Waals surface area contributed by atoms with Gasteiger partial charge in [-0.1, -0.05) is 0 Å². The average molecular weight is 400 g/mol. The molecule has 8 heteroatoms. The highest BCUT2D eigenvalue weighted by Gasteiger charge is 2.29. The summed E-state index contributed by atoms with van der Waals surface area (Å²) in [6.07, 6.45) is 3.29. The van der Waals surface area contributed by atoms with Gasteiger partial charge in [0.1, 0.15) is 10.7 Å². The summed E-state index contributed by atoms with van der Waals surface area (Å²) in [5, 5.41) is 4.73. The second kappa shape index (κ2) is 6.32. The SMILES string of the molecule is Cc1nc(C2CC2)nc2sc(C(=O)Nc3nc4c(s3)CN(C)CC4)c(C)c12. The molecule has 1 amide bonds. The molecule has 5 rings (SSSR count). The van der Waals surface area contributed by atoms with Gasteiger partial charge in [-0.15, -0.1) is 22.7 Å². The molecule has 6 nitrogen and oxygen atoms in total. The molecule has 0 radical (unpaired) electrons. The summed E-state index contributed by atoms with van der Waals surface area (Å²) in [5.41, 5.74) is 3.06. The first-order valence-electron chi connectivity index (χ1n) is 9.25. The fourth-order valence-corrected chi connectivity index (χ4v) is 5.85. The van der Waals surface area contributed by atoms with Crippen molar-refractivity contribution >= 4 is 43.9 Å². The summed E-state index contributed by atoms with van der Waals surface area (Å²) in [6, 6.07) is 0. The standard InChI is InChI=1S/C19H21N5OS2/c1-9-14-10(2)20-16(11-4-5-11)22-18(14)27-15(9)17(25)23-19-21-12-6-7-24(3)8-13(12)26-19/h11H,4-8H2,1-3H3,(H,21,23,25). The van der Waals surface area contributed by atoms with Gasteiger partial charge in [0.2, 0.25) is 0 Å². The molecule has 3 aromatic rings. The van der Waals surface area contributed by atoms with Gasteiger partial charge in [0.05, 0.1) is 16.3 Å². The number of rotatable bonds is 3. The molecule has 0 aromatic carbocycles. The second-order valence-corrected chi connectivity index (χ2v) is 9.59. The average Bonchev–Trinajstić information content (AvgIpc) is 3.31. The monoisotopic (exact) mass is 399 g/mol. The van der Waals surface area contributed by atoms with Crippen LogP contribution in [-0.4, -0.2) is 39.4 Å². The van der Waals surface area contributed by atoms with Crippen LogP contribution in [-0.2, 0) is 13.0 Å². The number of hydrogen-bond acceptors (Lipinski definition) is 7. The van der Waals surface area contributed by atoms with Crippen molar-refractivity contribution < 1.29 is 4.79 Å². The predicted molar refractivity (Wildman–Crippen MR) is 109 cm³/mol. The van der Waals surface area contributed by atoms with Crippen molar-refractivity contribution in [2.45, 2.75) is 45.6 Å². The Bertz CT molecular complexity index is 1070. The van der Waals surface area contributed by atoms with E-state index in [0.717, 1.165) is 52.5 Å². The summed E-state index contributed by atoms with van der Waals surface area (Å²) in [6.45, 7) is 5.93. The molecular weight excluding hydrogens is 378 g/mol. The van der Waals surface area contributed by atoms with Gasteiger partial charge in [0.25, 0.3) is 5.91 Å². The number of thiazole rings is 1. The lowest BCUT2D eigenvalue weighted by molar-refractivity contribution is 0.103. The molecule has 0 spiro atoms. The maximum absolute atomic E-state index is 12.9. The second-order valence-electron chi connectivity index (χ2n) is 7.51. The Morgan fingerprint density at radius 3 is 2.78 bits per heavy atom. The van der Waals surface area contributed by atoms with Gasteiger partial charge in [0.15, 0.2) is 5.13 Å². The molecule has 4 heterocycles. The minimum absolute atomic E-state index is 0.0951. The molecule has 1 N–H and O–H groups in total. The van der Waals surface area contributed by atoms with Gasteiger partial charge in [-0.05, 0) is 39.3 Å². The Balaban J connectivity index is 1.45. The molecule has 140 valence electrons. The maximum atomic E-state index is 12.9. The first-order valence-corrected chi connectivity index (χ1v) is 10.9. The normalized spacial score (nSPS) is 17.3. The van der Waals surface area contributed by atoms with Crippen LogP contribution in [0.3, 0.4) is 0 Å². The van der Waals surface area contributed by atoms with Gasteiger partial charge in [-0.3, -0.25) is 10.1 Å². The van der Waals surface area contributed by atoms with Gasteiger partial charge >= 0.3 is 0 Å². The van der Waals surface area contributed by atoms with Crippen molar-refractivity contribution in [2.75, 3.05) is 18.9 Å². The predicted octanol–water partition coefficient (Wildman–Crippen LogP) is 3.88. The van der Waals surface area contributed by atoms with Crippen molar-refractivity contribution in [1.29, 1.82) is 0 Å². The molecule has 1 saturated carbocycles. The molecule has 2 aliphatic rings. The number of carbonyl (C=O) groups is 1. The zero-order valence-corrected chi connectivity index (χ0v) is 17.3. The Kier molecular flexibility index (Phi) is 4.03. The van der Waals surface area contributed by atoms with Crippen molar-refractivity contribution in [1.82, 2.24) is 19.9 Å². The fourth-order valence-electron chi connectivity index (χ4n) is 3.63. The topological polar surface area (TPSA) is 71.0 Å². The number of carbonyl (C=O) groups excluding carboxylic acids is 1. The van der Waals surface area contributed by atoms with Crippen LogP contribution in [0.4, 0.5) is 5.13 Å². The van der Waals surface area contributed by atoms with Crippen molar-refractivity contribution in [3.63, 3.8) is 0 Å². The number of thiophene rings is 1. The molecule has 0 atom stereocenters. The third-order valence-corrected chi connectivity index (χ3v) is 7.46. The van der Waals surface area contributed by atoms with E-state index >= 15 is 0 Å². The highest BCUT2D eigenvalue weighted by atomic mass is 32.1. The van der Waals surface area contributed by atoms with Gasteiger partial charge < -0.3 is 4.90 Å². The zero-order chi connectivity index (χ0) is 18.7. The van der Waals surface area contributed by atoms with E-state index in [2.05, 4.69) is 27.2 Å². The summed E-state index contributed by atoms with van der Waals surface area (Å²) < 4.78 is 0. The number of aryl methyl sites for hydroxylation is 2. The van der Waals surface area contributed by atoms with Crippen LogP contribution in [0.2, 0.25) is 0 Å². The first kappa shape index (κ1) is 17.2. The fraction of sp³-hybridized carbons (Fsp3) is 0.474. The molecule has 0 saturated heterocycles. The lowest BCUT2D eigenvalue weighted by Crippen LogP contribution is -2.25. The maximum Gasteiger partial charge on any atom is 0.267 e. The summed E-state index contributed by atoms with van der Waals surface area (Å²) in [7, 11) is 2.11. The van der Waals surface area contributed by atoms with Crippen LogP contribution < -0.4 is 5.32 Å². The van der Waals surface area contributed by atoms with Crippen LogP contribution in [0.5, 0.6) is 0 Å². The van der Waals surface area contributed by atoms with Crippen molar-refractivity contribution in [2.24, 2.45) is 0 Å². The van der Waals surface area contributed by atoms with Crippen LogP contribution in [0.1, 0.15) is 56.1 Å². The number of nitrogens with one attached hydrogen (secondary N) is 1. The molecule has 3 aromatic heterocycles. The van der Waals surface area contributed by atoms with Crippen LogP contribution >= 0.6 is 22.7 Å². The number of anilines is 1. The molecule has 0 bridgehead atoms. The van der Waals surface area contributed by atoms with E-state index in [1.807, 2.05) is 13.8 Å². The third-order valence-electron chi connectivity index (χ3n) is 5.28. The summed E-state index contributed by atoms with van der Waals surface area (Å²) >= 11 is 3.05. The molecule has 1 aliphatic carbocycles. The molecular formula is C19H21N5OS2. The van der Waals surface area contributed by atoms with Gasteiger partial charge in [-0.2, -0.15) is 0 Å². The van der Waals surface area contributed by atoms with Crippen LogP contribution in [0.15, 0.2) is 0 Å². The highest BCUT2D eigenvalue weighted by Crippen LogP contribution is 2.40. The van der Waals surface area contributed by atoms with E-state index in [1.165, 1.54) is 29.1 Å². The lowest BCUT2D eigenvalue weighted by atomic mass is 10.1. The summed E-state index contributed by atoms with van der Waals surface area (Å²) in [4.78, 5) is 32.1. The van der Waals surface area contributed by atoms with E-state index in [-0.39, 0.29) is 5.91 Å². The summed E-state index contributed by atoms with van der Waals surface area (Å²) in [5.74, 6) is 1.35. The van der Waals surface area contributed by atoms with Crippen LogP contribution in [0, 0.1) is 13.8 Å². The molecule has 1 aliphatic heterocycles. The van der Waals surface area contributed by atoms with E-state index < -0.39 is 0 Å². The molecule has 27 heavy (non-hydrogen) atoms. The number of likely N-dealkylation sites (N-methyl/N-ethyl adjacent to an activating group) is 1. The third kappa shape index (κ3) is 3.05. The van der Waals surface area contributed by atoms with E-state index in [0.29, 0.717) is 15.9 Å². The van der Waals surface area contributed by atoms with E-state index in [4.69, 9.17) is 4.98 Å². The van der Waals surface area contributed by atoms with Gasteiger partial charge in [-0.25, -0.2) is 15.0 Å². The van der Waals surface area contributed by atoms with E-state index in [9.17, 15) is 4.79 Å². The smallest absolute Gasteiger partial charge is 0.267 e. The first-order chi connectivity index (χ1) is 13.0. The number of hydrogen-bond donors (Lipinski definition) is 1. The minimum atomic E-state index is -0.0951. The Morgan fingerprint density at radius 1 is 1.19 bits per heavy atom. The number of aromatic nitrogens is 3. The van der Waals surface area contributed by atoms with Crippen molar-refractivity contribution in [3.05, 3.63) is 32.5 Å². The highest BCUT2D eigenvalue weighted by molar-refractivity contribution is 7.21. The Labute approximate surface area is 165 Å². The minimum Gasteiger partial charge on any atom is -0.301 e. The van der Waals surface area contributed by atoms with Crippen LogP contribution in [0.25, 0.3) is 10.2 Å². The number of amides is 1. The number of nitrogens with zero attached hydrogens (tertiary/aromatic N) is 4. The van der Waals surface area contributed by atoms with Crippen molar-refractivity contribution in [3.8, 4) is 0 Å². The lowest BCUT2D eigenvalue weighted by Gasteiger charge is -2.20. The quantitative estimate of drug-likeness (QED) is 0.724. The number of fused-ring (bicyclic) bond motifs is 2. The van der Waals surface area contributed by atoms with Gasteiger partial charge in [0, 0.05) is 35.7 Å². The molecule has 1 fully saturated rings. The van der Waals surface area contributed by atoms with E-state index in [1.54, 1.807) is 11.3 Å². The zero-order valence-electron chi connectivity index (χ0n) is 15.6. The Hall–Kier alpha value is -1.90. The Morgan fingerprint density at radius 2 is 2.00 bits per heavy atom. The largest absolute Gasteiger partial charge is 0.301 e.